The topological polar surface area (TPSA) is 76.8 Å². The van der Waals surface area contributed by atoms with E-state index >= 15 is 0 Å². The maximum Gasteiger partial charge on any atom is 0.410 e. The van der Waals surface area contributed by atoms with E-state index in [4.69, 9.17) is 0 Å². The van der Waals surface area contributed by atoms with Crippen LogP contribution in [0.1, 0.15) is 40.0 Å². The van der Waals surface area contributed by atoms with E-state index in [0.29, 0.717) is 17.8 Å². The largest absolute Gasteiger partial charge is 0.410 e. The molecule has 0 saturated heterocycles. The van der Waals surface area contributed by atoms with Gasteiger partial charge in [0, 0.05) is 12.6 Å². The van der Waals surface area contributed by atoms with Gasteiger partial charge in [-0.25, -0.2) is 9.07 Å². The van der Waals surface area contributed by atoms with E-state index in [2.05, 4.69) is 20.8 Å². The molecule has 1 aliphatic heterocycles. The van der Waals surface area contributed by atoms with Crippen molar-refractivity contribution < 1.29 is 22.4 Å². The molecular weight excluding hydrogens is 464 g/mol. The van der Waals surface area contributed by atoms with Crippen LogP contribution in [0, 0.1) is 5.82 Å². The number of halogens is 4. The number of anilines is 2. The normalized spacial score (nSPS) is 17.5. The van der Waals surface area contributed by atoms with Crippen LogP contribution in [0.5, 0.6) is 0 Å². The van der Waals surface area contributed by atoms with Crippen LogP contribution in [0.4, 0.5) is 29.1 Å². The molecular formula is C24H20F4N6O. The van der Waals surface area contributed by atoms with Crippen LogP contribution in [0.3, 0.4) is 0 Å². The van der Waals surface area contributed by atoms with E-state index in [9.17, 15) is 22.4 Å². The molecule has 1 aliphatic rings. The first-order valence-corrected chi connectivity index (χ1v) is 10.8. The molecule has 180 valence electrons. The molecule has 5 rings (SSSR count). The van der Waals surface area contributed by atoms with Crippen LogP contribution in [0.2, 0.25) is 0 Å². The van der Waals surface area contributed by atoms with E-state index in [1.807, 2.05) is 0 Å². The van der Waals surface area contributed by atoms with Crippen LogP contribution in [-0.2, 0) is 6.54 Å². The van der Waals surface area contributed by atoms with Gasteiger partial charge in [-0.15, -0.1) is 0 Å². The zero-order chi connectivity index (χ0) is 24.6. The molecule has 0 bridgehead atoms. The summed E-state index contributed by atoms with van der Waals surface area (Å²) in [4.78, 5) is 13.0. The lowest BCUT2D eigenvalue weighted by molar-refractivity contribution is -0.173. The first kappa shape index (κ1) is 22.6. The second-order valence-electron chi connectivity index (χ2n) is 8.26. The molecule has 7 nitrogen and oxygen atoms in total. The van der Waals surface area contributed by atoms with Gasteiger partial charge >= 0.3 is 6.18 Å². The van der Waals surface area contributed by atoms with Gasteiger partial charge in [0.15, 0.2) is 6.04 Å². The summed E-state index contributed by atoms with van der Waals surface area (Å²) in [6.45, 7) is 0.354. The van der Waals surface area contributed by atoms with Gasteiger partial charge in [0.25, 0.3) is 5.91 Å². The number of hydrogen-bond donors (Lipinski definition) is 2. The number of aromatic nitrogens is 4. The van der Waals surface area contributed by atoms with Crippen molar-refractivity contribution in [2.45, 2.75) is 31.2 Å². The average Bonchev–Trinajstić information content (AvgIpc) is 3.46. The SMILES string of the molecule is O=C(Nc1cnn(Cc2ccc(F)cc2)c1)c1cnn2c1N[C@H](c1ccccc1)C[C@H]2C(F)(F)F. The Kier molecular flexibility index (Phi) is 5.75. The molecule has 0 spiro atoms. The molecule has 11 heteroatoms. The molecule has 0 unspecified atom stereocenters. The number of hydrogen-bond acceptors (Lipinski definition) is 4. The van der Waals surface area contributed by atoms with E-state index in [-0.39, 0.29) is 23.6 Å². The third-order valence-corrected chi connectivity index (χ3v) is 5.83. The third-order valence-electron chi connectivity index (χ3n) is 5.83. The molecule has 35 heavy (non-hydrogen) atoms. The van der Waals surface area contributed by atoms with Gasteiger partial charge < -0.3 is 10.6 Å². The van der Waals surface area contributed by atoms with Gasteiger partial charge in [0.1, 0.15) is 17.2 Å². The lowest BCUT2D eigenvalue weighted by Crippen LogP contribution is -2.36. The first-order valence-electron chi connectivity index (χ1n) is 10.8. The van der Waals surface area contributed by atoms with Crippen LogP contribution >= 0.6 is 0 Å². The standard InChI is InChI=1S/C24H20F4N6O/c25-17-8-6-15(7-9-17)13-33-14-18(11-29-33)31-23(35)19-12-30-34-21(24(26,27)28)10-20(32-22(19)34)16-4-2-1-3-5-16/h1-9,11-12,14,20-21,32H,10,13H2,(H,31,35)/t20-,21-/m0/s1. The smallest absolute Gasteiger partial charge is 0.363 e. The molecule has 0 aliphatic carbocycles. The fraction of sp³-hybridized carbons (Fsp3) is 0.208. The molecule has 3 heterocycles. The van der Waals surface area contributed by atoms with E-state index in [1.54, 1.807) is 53.3 Å². The number of carbonyl (C=O) groups excluding carboxylic acids is 1. The summed E-state index contributed by atoms with van der Waals surface area (Å²) in [5, 5.41) is 13.8. The van der Waals surface area contributed by atoms with Gasteiger partial charge in [0.2, 0.25) is 0 Å². The zero-order valence-electron chi connectivity index (χ0n) is 18.2. The first-order chi connectivity index (χ1) is 16.8. The lowest BCUT2D eigenvalue weighted by Gasteiger charge is -2.34. The van der Waals surface area contributed by atoms with Crippen LogP contribution < -0.4 is 10.6 Å². The Bertz CT molecular complexity index is 1330. The maximum absolute atomic E-state index is 13.8. The zero-order valence-corrected chi connectivity index (χ0v) is 18.2. The predicted octanol–water partition coefficient (Wildman–Crippen LogP) is 5.18. The monoisotopic (exact) mass is 484 g/mol. The van der Waals surface area contributed by atoms with Crippen molar-refractivity contribution in [3.63, 3.8) is 0 Å². The van der Waals surface area contributed by atoms with Crippen molar-refractivity contribution in [2.24, 2.45) is 0 Å². The number of fused-ring (bicyclic) bond motifs is 1. The minimum Gasteiger partial charge on any atom is -0.363 e. The van der Waals surface area contributed by atoms with Gasteiger partial charge in [-0.05, 0) is 23.3 Å². The van der Waals surface area contributed by atoms with Gasteiger partial charge in [-0.3, -0.25) is 9.48 Å². The highest BCUT2D eigenvalue weighted by atomic mass is 19.4. The van der Waals surface area contributed by atoms with Crippen LogP contribution in [0.15, 0.2) is 73.2 Å². The fourth-order valence-corrected chi connectivity index (χ4v) is 4.12. The lowest BCUT2D eigenvalue weighted by atomic mass is 9.96. The fourth-order valence-electron chi connectivity index (χ4n) is 4.12. The molecule has 2 N–H and O–H groups in total. The van der Waals surface area contributed by atoms with Crippen molar-refractivity contribution in [1.82, 2.24) is 19.6 Å². The highest BCUT2D eigenvalue weighted by molar-refractivity contribution is 6.07. The molecule has 0 saturated carbocycles. The Hall–Kier alpha value is -4.15. The number of nitrogens with zero attached hydrogens (tertiary/aromatic N) is 4. The second kappa shape index (κ2) is 8.90. The maximum atomic E-state index is 13.8. The number of alkyl halides is 3. The number of carbonyl (C=O) groups is 1. The molecule has 2 aromatic carbocycles. The van der Waals surface area contributed by atoms with Crippen molar-refractivity contribution >= 4 is 17.4 Å². The van der Waals surface area contributed by atoms with E-state index < -0.39 is 24.2 Å². The van der Waals surface area contributed by atoms with Crippen molar-refractivity contribution in [2.75, 3.05) is 10.6 Å². The van der Waals surface area contributed by atoms with Crippen molar-refractivity contribution in [1.29, 1.82) is 0 Å². The number of rotatable bonds is 5. The highest BCUT2D eigenvalue weighted by Crippen LogP contribution is 2.44. The summed E-state index contributed by atoms with van der Waals surface area (Å²) < 4.78 is 57.0. The Morgan fingerprint density at radius 1 is 1.06 bits per heavy atom. The molecule has 0 fully saturated rings. The number of amides is 1. The predicted molar refractivity (Wildman–Crippen MR) is 120 cm³/mol. The van der Waals surface area contributed by atoms with E-state index in [0.717, 1.165) is 16.4 Å². The van der Waals surface area contributed by atoms with Crippen molar-refractivity contribution in [3.8, 4) is 0 Å². The Morgan fingerprint density at radius 2 is 1.80 bits per heavy atom. The minimum absolute atomic E-state index is 0.00336. The summed E-state index contributed by atoms with van der Waals surface area (Å²) in [5.74, 6) is -0.957. The molecule has 1 amide bonds. The van der Waals surface area contributed by atoms with Gasteiger partial charge in [-0.2, -0.15) is 23.4 Å². The molecule has 0 radical (unpaired) electrons. The molecule has 2 aromatic heterocycles. The van der Waals surface area contributed by atoms with E-state index in [1.165, 1.54) is 18.3 Å². The minimum atomic E-state index is -4.54. The van der Waals surface area contributed by atoms with Crippen LogP contribution in [-0.4, -0.2) is 31.6 Å². The number of benzene rings is 2. The highest BCUT2D eigenvalue weighted by Gasteiger charge is 2.47. The summed E-state index contributed by atoms with van der Waals surface area (Å²) >= 11 is 0. The Morgan fingerprint density at radius 3 is 2.51 bits per heavy atom. The summed E-state index contributed by atoms with van der Waals surface area (Å²) in [7, 11) is 0. The third kappa shape index (κ3) is 4.75. The van der Waals surface area contributed by atoms with Crippen molar-refractivity contribution in [3.05, 3.63) is 95.7 Å². The summed E-state index contributed by atoms with van der Waals surface area (Å²) in [6, 6.07) is 12.2. The van der Waals surface area contributed by atoms with Gasteiger partial charge in [0.05, 0.1) is 30.7 Å². The molecule has 4 aromatic rings. The number of nitrogens with one attached hydrogen (secondary N) is 2. The summed E-state index contributed by atoms with van der Waals surface area (Å²) in [6.07, 6.45) is -0.649. The summed E-state index contributed by atoms with van der Waals surface area (Å²) in [5.41, 5.74) is 1.85. The molecule has 2 atom stereocenters. The Balaban J connectivity index is 1.37. The quantitative estimate of drug-likeness (QED) is 0.383. The Labute approximate surface area is 197 Å². The van der Waals surface area contributed by atoms with Gasteiger partial charge in [-0.1, -0.05) is 42.5 Å². The second-order valence-corrected chi connectivity index (χ2v) is 8.26. The average molecular weight is 484 g/mol. The van der Waals surface area contributed by atoms with Crippen LogP contribution in [0.25, 0.3) is 0 Å².